The van der Waals surface area contributed by atoms with Crippen molar-refractivity contribution < 1.29 is 10.2 Å². The number of hydrogen-bond acceptors (Lipinski definition) is 4. The van der Waals surface area contributed by atoms with Gasteiger partial charge in [0.1, 0.15) is 33.9 Å². The molecule has 4 nitrogen and oxygen atoms in total. The normalized spacial score (nSPS) is 10.6. The Morgan fingerprint density at radius 2 is 1.72 bits per heavy atom. The molecule has 18 heavy (non-hydrogen) atoms. The molecule has 0 aliphatic heterocycles. The van der Waals surface area contributed by atoms with Crippen LogP contribution < -0.4 is 0 Å². The van der Waals surface area contributed by atoms with E-state index in [0.717, 1.165) is 0 Å². The molecule has 0 fully saturated rings. The monoisotopic (exact) mass is 370 g/mol. The summed E-state index contributed by atoms with van der Waals surface area (Å²) >= 11 is 6.50. The van der Waals surface area contributed by atoms with Gasteiger partial charge in [0.25, 0.3) is 0 Å². The van der Waals surface area contributed by atoms with Crippen LogP contribution in [-0.2, 0) is 0 Å². The first-order valence-electron chi connectivity index (χ1n) is 4.84. The summed E-state index contributed by atoms with van der Waals surface area (Å²) in [7, 11) is 0. The third-order valence-electron chi connectivity index (χ3n) is 2.28. The Morgan fingerprint density at radius 3 is 2.28 bits per heavy atom. The molecule has 2 aromatic rings. The first-order valence-corrected chi connectivity index (χ1v) is 6.42. The van der Waals surface area contributed by atoms with Crippen molar-refractivity contribution in [1.29, 1.82) is 0 Å². The molecule has 0 aliphatic carbocycles. The van der Waals surface area contributed by atoms with Gasteiger partial charge in [-0.2, -0.15) is 0 Å². The van der Waals surface area contributed by atoms with Gasteiger partial charge in [-0.3, -0.25) is 0 Å². The Morgan fingerprint density at radius 1 is 1.11 bits per heavy atom. The van der Waals surface area contributed by atoms with Crippen molar-refractivity contribution in [3.05, 3.63) is 41.2 Å². The molecule has 2 N–H and O–H groups in total. The molecule has 0 saturated heterocycles. The van der Waals surface area contributed by atoms with E-state index in [1.807, 2.05) is 0 Å². The van der Waals surface area contributed by atoms with Crippen LogP contribution in [0.15, 0.2) is 29.8 Å². The van der Waals surface area contributed by atoms with Crippen molar-refractivity contribution in [3.8, 4) is 5.75 Å². The molecular weight excluding hydrogens is 364 g/mol. The number of aliphatic hydroxyl groups excluding tert-OH is 1. The Bertz CT molecular complexity index is 625. The third kappa shape index (κ3) is 2.13. The summed E-state index contributed by atoms with van der Waals surface area (Å²) in [6.07, 6.45) is 0. The van der Waals surface area contributed by atoms with Gasteiger partial charge >= 0.3 is 0 Å². The van der Waals surface area contributed by atoms with Gasteiger partial charge in [-0.1, -0.05) is 13.2 Å². The fourth-order valence-corrected chi connectivity index (χ4v) is 2.17. The van der Waals surface area contributed by atoms with Gasteiger partial charge in [0.15, 0.2) is 0 Å². The summed E-state index contributed by atoms with van der Waals surface area (Å²) < 4.78 is 1.11. The maximum atomic E-state index is 9.78. The molecular formula is C12H8Br2N2O2. The molecule has 1 aromatic heterocycles. The predicted octanol–water partition coefficient (Wildman–Crippen LogP) is 3.99. The van der Waals surface area contributed by atoms with Gasteiger partial charge in [0, 0.05) is 8.96 Å². The lowest BCUT2D eigenvalue weighted by atomic mass is 10.2. The van der Waals surface area contributed by atoms with Crippen molar-refractivity contribution >= 4 is 53.1 Å². The van der Waals surface area contributed by atoms with Crippen molar-refractivity contribution in [2.75, 3.05) is 0 Å². The number of rotatable bonds is 2. The molecule has 1 aromatic carbocycles. The molecule has 0 spiro atoms. The Kier molecular flexibility index (Phi) is 3.41. The van der Waals surface area contributed by atoms with Gasteiger partial charge in [-0.15, -0.1) is 0 Å². The maximum Gasteiger partial charge on any atom is 0.143 e. The van der Waals surface area contributed by atoms with E-state index in [2.05, 4.69) is 55.0 Å². The average molecular weight is 372 g/mol. The molecule has 0 unspecified atom stereocenters. The minimum Gasteiger partial charge on any atom is -0.506 e. The van der Waals surface area contributed by atoms with Gasteiger partial charge in [-0.05, 0) is 44.0 Å². The SMILES string of the molecule is C=C(O)c1nc2c(Br)ccc(O)c2nc1C(=C)Br. The summed E-state index contributed by atoms with van der Waals surface area (Å²) in [4.78, 5) is 8.49. The van der Waals surface area contributed by atoms with Gasteiger partial charge < -0.3 is 10.2 Å². The van der Waals surface area contributed by atoms with Crippen LogP contribution in [-0.4, -0.2) is 20.2 Å². The second-order valence-electron chi connectivity index (χ2n) is 3.54. The smallest absolute Gasteiger partial charge is 0.143 e. The van der Waals surface area contributed by atoms with Crippen molar-refractivity contribution in [3.63, 3.8) is 0 Å². The van der Waals surface area contributed by atoms with Crippen LogP contribution in [0.25, 0.3) is 21.3 Å². The van der Waals surface area contributed by atoms with E-state index >= 15 is 0 Å². The first-order chi connectivity index (χ1) is 8.41. The first kappa shape index (κ1) is 13.0. The van der Waals surface area contributed by atoms with Crippen molar-refractivity contribution in [2.45, 2.75) is 0 Å². The topological polar surface area (TPSA) is 66.2 Å². The molecule has 92 valence electrons. The fourth-order valence-electron chi connectivity index (χ4n) is 1.48. The van der Waals surface area contributed by atoms with E-state index in [-0.39, 0.29) is 17.2 Å². The number of benzene rings is 1. The molecule has 0 aliphatic rings. The van der Waals surface area contributed by atoms with Crippen LogP contribution in [0.3, 0.4) is 0 Å². The fraction of sp³-hybridized carbons (Fsp3) is 0. The van der Waals surface area contributed by atoms with Crippen LogP contribution in [0.1, 0.15) is 11.4 Å². The second kappa shape index (κ2) is 4.70. The Hall–Kier alpha value is -1.40. The van der Waals surface area contributed by atoms with E-state index in [1.165, 1.54) is 6.07 Å². The largest absolute Gasteiger partial charge is 0.506 e. The number of aromatic hydroxyl groups is 1. The summed E-state index contributed by atoms with van der Waals surface area (Å²) in [5.41, 5.74) is 1.32. The Balaban J connectivity index is 2.93. The van der Waals surface area contributed by atoms with Crippen LogP contribution in [0.2, 0.25) is 0 Å². The number of fused-ring (bicyclic) bond motifs is 1. The molecule has 0 bridgehead atoms. The lowest BCUT2D eigenvalue weighted by Crippen LogP contribution is -1.99. The molecule has 0 saturated carbocycles. The molecule has 0 amide bonds. The van der Waals surface area contributed by atoms with E-state index in [9.17, 15) is 10.2 Å². The van der Waals surface area contributed by atoms with E-state index in [4.69, 9.17) is 0 Å². The lowest BCUT2D eigenvalue weighted by molar-refractivity contribution is 0.480. The highest BCUT2D eigenvalue weighted by molar-refractivity contribution is 9.15. The zero-order valence-electron chi connectivity index (χ0n) is 9.11. The number of aromatic nitrogens is 2. The van der Waals surface area contributed by atoms with Gasteiger partial charge in [-0.25, -0.2) is 9.97 Å². The van der Waals surface area contributed by atoms with E-state index < -0.39 is 0 Å². The summed E-state index contributed by atoms with van der Waals surface area (Å²) in [6.45, 7) is 7.14. The molecule has 1 heterocycles. The van der Waals surface area contributed by atoms with E-state index in [0.29, 0.717) is 25.7 Å². The number of phenols is 1. The highest BCUT2D eigenvalue weighted by Gasteiger charge is 2.16. The molecule has 0 radical (unpaired) electrons. The van der Waals surface area contributed by atoms with Crippen molar-refractivity contribution in [2.24, 2.45) is 0 Å². The highest BCUT2D eigenvalue weighted by Crippen LogP contribution is 2.32. The third-order valence-corrected chi connectivity index (χ3v) is 3.30. The van der Waals surface area contributed by atoms with Crippen LogP contribution in [0, 0.1) is 0 Å². The number of halogens is 2. The number of nitrogens with zero attached hydrogens (tertiary/aromatic N) is 2. The Labute approximate surface area is 120 Å². The quantitative estimate of drug-likeness (QED) is 0.783. The minimum atomic E-state index is -0.213. The molecule has 6 heteroatoms. The average Bonchev–Trinajstić information content (AvgIpc) is 2.32. The predicted molar refractivity (Wildman–Crippen MR) is 78.5 cm³/mol. The van der Waals surface area contributed by atoms with Gasteiger partial charge in [0.2, 0.25) is 0 Å². The van der Waals surface area contributed by atoms with Crippen LogP contribution >= 0.6 is 31.9 Å². The molecule has 0 atom stereocenters. The number of hydrogen-bond donors (Lipinski definition) is 2. The zero-order valence-corrected chi connectivity index (χ0v) is 12.3. The standard InChI is InChI=1S/C12H8Br2N2O2/c1-5(13)9-10(6(2)17)16-11-7(14)3-4-8(18)12(11)15-9/h3-4,17-18H,1-2H2. The number of aliphatic hydroxyl groups is 1. The van der Waals surface area contributed by atoms with Crippen molar-refractivity contribution in [1.82, 2.24) is 9.97 Å². The maximum absolute atomic E-state index is 9.78. The second-order valence-corrected chi connectivity index (χ2v) is 5.35. The van der Waals surface area contributed by atoms with Crippen LogP contribution in [0.4, 0.5) is 0 Å². The van der Waals surface area contributed by atoms with Gasteiger partial charge in [0.05, 0.1) is 0 Å². The molecule has 2 rings (SSSR count). The summed E-state index contributed by atoms with van der Waals surface area (Å²) in [6, 6.07) is 3.16. The lowest BCUT2D eigenvalue weighted by Gasteiger charge is -2.09. The zero-order chi connectivity index (χ0) is 13.4. The highest BCUT2D eigenvalue weighted by atomic mass is 79.9. The number of phenolic OH excluding ortho intramolecular Hbond substituents is 1. The van der Waals surface area contributed by atoms with Crippen LogP contribution in [0.5, 0.6) is 5.75 Å². The van der Waals surface area contributed by atoms with E-state index in [1.54, 1.807) is 6.07 Å². The summed E-state index contributed by atoms with van der Waals surface area (Å²) in [5, 5.41) is 19.3. The summed E-state index contributed by atoms with van der Waals surface area (Å²) in [5.74, 6) is -0.207. The minimum absolute atomic E-state index is 0.00537.